The predicted molar refractivity (Wildman–Crippen MR) is 127 cm³/mol. The Hall–Kier alpha value is -2.77. The molecule has 5 nitrogen and oxygen atoms in total. The Bertz CT molecular complexity index is 1160. The largest absolute Gasteiger partial charge is 0.351 e. The number of aryl methyl sites for hydroxylation is 3. The van der Waals surface area contributed by atoms with Crippen LogP contribution in [0.15, 0.2) is 76.5 Å². The molecular formula is C24H26N2O3S2. The van der Waals surface area contributed by atoms with Gasteiger partial charge in [0.2, 0.25) is 0 Å². The minimum Gasteiger partial charge on any atom is -0.351 e. The van der Waals surface area contributed by atoms with Crippen molar-refractivity contribution in [2.45, 2.75) is 30.6 Å². The molecule has 1 amide bonds. The van der Waals surface area contributed by atoms with E-state index in [0.29, 0.717) is 23.4 Å². The van der Waals surface area contributed by atoms with Gasteiger partial charge in [0.1, 0.15) is 0 Å². The van der Waals surface area contributed by atoms with Crippen molar-refractivity contribution >= 4 is 33.4 Å². The first-order valence-electron chi connectivity index (χ1n) is 9.92. The minimum absolute atomic E-state index is 0.0953. The van der Waals surface area contributed by atoms with E-state index in [2.05, 4.69) is 10.0 Å². The van der Waals surface area contributed by atoms with Gasteiger partial charge in [0, 0.05) is 28.4 Å². The quantitative estimate of drug-likeness (QED) is 0.374. The van der Waals surface area contributed by atoms with Crippen LogP contribution in [0.2, 0.25) is 0 Å². The molecule has 0 aliphatic carbocycles. The maximum atomic E-state index is 13.0. The second-order valence-electron chi connectivity index (χ2n) is 7.38. The van der Waals surface area contributed by atoms with E-state index in [4.69, 9.17) is 0 Å². The molecule has 7 heteroatoms. The fraction of sp³-hybridized carbons (Fsp3) is 0.208. The Morgan fingerprint density at radius 2 is 1.58 bits per heavy atom. The van der Waals surface area contributed by atoms with Crippen molar-refractivity contribution in [3.63, 3.8) is 0 Å². The Labute approximate surface area is 188 Å². The number of nitrogens with one attached hydrogen (secondary N) is 2. The number of thioether (sulfide) groups is 1. The minimum atomic E-state index is -3.83. The molecule has 2 N–H and O–H groups in total. The van der Waals surface area contributed by atoms with E-state index in [1.54, 1.807) is 43.0 Å². The number of carbonyl (C=O) groups excluding carboxylic acids is 1. The van der Waals surface area contributed by atoms with Crippen LogP contribution < -0.4 is 10.0 Å². The standard InChI is InChI=1S/C24H26N2O3S2/c1-17-13-18(2)15-21(14-17)26-31(28,29)23-16-20(10-9-19(23)3)24(27)25-11-12-30-22-7-5-4-6-8-22/h4-10,13-16,26H,11-12H2,1-3H3,(H,25,27). The summed E-state index contributed by atoms with van der Waals surface area (Å²) in [5.41, 5.74) is 3.33. The number of anilines is 1. The highest BCUT2D eigenvalue weighted by atomic mass is 32.2. The summed E-state index contributed by atoms with van der Waals surface area (Å²) in [6, 6.07) is 20.2. The zero-order valence-electron chi connectivity index (χ0n) is 17.8. The van der Waals surface area contributed by atoms with Crippen LogP contribution in [0.1, 0.15) is 27.0 Å². The molecule has 0 unspecified atom stereocenters. The first kappa shape index (κ1) is 22.9. The monoisotopic (exact) mass is 454 g/mol. The summed E-state index contributed by atoms with van der Waals surface area (Å²) in [6.07, 6.45) is 0. The summed E-state index contributed by atoms with van der Waals surface area (Å²) in [6.45, 7) is 6.03. The highest BCUT2D eigenvalue weighted by molar-refractivity contribution is 7.99. The average molecular weight is 455 g/mol. The molecule has 162 valence electrons. The molecule has 0 atom stereocenters. The fourth-order valence-corrected chi connectivity index (χ4v) is 5.33. The summed E-state index contributed by atoms with van der Waals surface area (Å²) >= 11 is 1.65. The molecule has 31 heavy (non-hydrogen) atoms. The lowest BCUT2D eigenvalue weighted by Crippen LogP contribution is -2.26. The Morgan fingerprint density at radius 3 is 2.26 bits per heavy atom. The summed E-state index contributed by atoms with van der Waals surface area (Å²) in [5, 5.41) is 2.86. The highest BCUT2D eigenvalue weighted by Gasteiger charge is 2.19. The topological polar surface area (TPSA) is 75.3 Å². The number of sulfonamides is 1. The highest BCUT2D eigenvalue weighted by Crippen LogP contribution is 2.22. The number of rotatable bonds is 8. The molecule has 0 radical (unpaired) electrons. The van der Waals surface area contributed by atoms with E-state index >= 15 is 0 Å². The van der Waals surface area contributed by atoms with E-state index in [-0.39, 0.29) is 10.8 Å². The maximum absolute atomic E-state index is 13.0. The summed E-state index contributed by atoms with van der Waals surface area (Å²) in [5.74, 6) is 0.428. The Morgan fingerprint density at radius 1 is 0.903 bits per heavy atom. The summed E-state index contributed by atoms with van der Waals surface area (Å²) < 4.78 is 28.6. The maximum Gasteiger partial charge on any atom is 0.262 e. The molecule has 0 fully saturated rings. The van der Waals surface area contributed by atoms with Crippen LogP contribution in [0.3, 0.4) is 0 Å². The SMILES string of the molecule is Cc1cc(C)cc(NS(=O)(=O)c2cc(C(=O)NCCSc3ccccc3)ccc2C)c1. The molecule has 3 aromatic rings. The molecular weight excluding hydrogens is 428 g/mol. The number of benzene rings is 3. The van der Waals surface area contributed by atoms with Crippen molar-refractivity contribution in [1.82, 2.24) is 5.32 Å². The van der Waals surface area contributed by atoms with Crippen LogP contribution in [0.4, 0.5) is 5.69 Å². The van der Waals surface area contributed by atoms with Crippen molar-refractivity contribution in [2.75, 3.05) is 17.0 Å². The molecule has 0 saturated carbocycles. The summed E-state index contributed by atoms with van der Waals surface area (Å²) in [4.78, 5) is 13.8. The third-order valence-corrected chi connectivity index (χ3v) is 7.15. The smallest absolute Gasteiger partial charge is 0.262 e. The normalized spacial score (nSPS) is 11.2. The van der Waals surface area contributed by atoms with Crippen LogP contribution in [0, 0.1) is 20.8 Å². The van der Waals surface area contributed by atoms with Crippen molar-refractivity contribution in [3.05, 3.63) is 89.0 Å². The molecule has 3 aromatic carbocycles. The second-order valence-corrected chi connectivity index (χ2v) is 10.2. The third kappa shape index (κ3) is 6.35. The van der Waals surface area contributed by atoms with Gasteiger partial charge < -0.3 is 5.32 Å². The number of hydrogen-bond acceptors (Lipinski definition) is 4. The van der Waals surface area contributed by atoms with Gasteiger partial charge in [0.15, 0.2) is 0 Å². The fourth-order valence-electron chi connectivity index (χ4n) is 3.23. The van der Waals surface area contributed by atoms with Crippen molar-refractivity contribution in [2.24, 2.45) is 0 Å². The predicted octanol–water partition coefficient (Wildman–Crippen LogP) is 4.93. The van der Waals surface area contributed by atoms with Crippen molar-refractivity contribution < 1.29 is 13.2 Å². The van der Waals surface area contributed by atoms with Gasteiger partial charge in [-0.3, -0.25) is 9.52 Å². The van der Waals surface area contributed by atoms with Gasteiger partial charge in [0.05, 0.1) is 4.90 Å². The van der Waals surface area contributed by atoms with E-state index in [1.807, 2.05) is 50.2 Å². The molecule has 0 aliphatic heterocycles. The second kappa shape index (κ2) is 10.0. The zero-order chi connectivity index (χ0) is 22.4. The number of carbonyl (C=O) groups is 1. The van der Waals surface area contributed by atoms with E-state index in [0.717, 1.165) is 21.8 Å². The molecule has 0 aromatic heterocycles. The number of amides is 1. The van der Waals surface area contributed by atoms with Gasteiger partial charge in [-0.1, -0.05) is 30.3 Å². The van der Waals surface area contributed by atoms with Gasteiger partial charge >= 0.3 is 0 Å². The van der Waals surface area contributed by atoms with Crippen LogP contribution >= 0.6 is 11.8 Å². The average Bonchev–Trinajstić information content (AvgIpc) is 2.71. The molecule has 0 bridgehead atoms. The molecule has 0 spiro atoms. The van der Waals surface area contributed by atoms with Gasteiger partial charge in [-0.25, -0.2) is 8.42 Å². The Balaban J connectivity index is 1.69. The van der Waals surface area contributed by atoms with E-state index in [9.17, 15) is 13.2 Å². The van der Waals surface area contributed by atoms with Gasteiger partial charge in [-0.2, -0.15) is 0 Å². The van der Waals surface area contributed by atoms with Crippen LogP contribution in [0.5, 0.6) is 0 Å². The van der Waals surface area contributed by atoms with Crippen LogP contribution in [-0.2, 0) is 10.0 Å². The lowest BCUT2D eigenvalue weighted by Gasteiger charge is -2.13. The summed E-state index contributed by atoms with van der Waals surface area (Å²) in [7, 11) is -3.83. The van der Waals surface area contributed by atoms with Crippen molar-refractivity contribution in [3.8, 4) is 0 Å². The van der Waals surface area contributed by atoms with Gasteiger partial charge in [0.25, 0.3) is 15.9 Å². The first-order chi connectivity index (χ1) is 14.7. The molecule has 3 rings (SSSR count). The van der Waals surface area contributed by atoms with Gasteiger partial charge in [-0.15, -0.1) is 11.8 Å². The van der Waals surface area contributed by atoms with E-state index < -0.39 is 10.0 Å². The third-order valence-electron chi connectivity index (χ3n) is 4.61. The number of hydrogen-bond donors (Lipinski definition) is 2. The Kier molecular flexibility index (Phi) is 7.41. The van der Waals surface area contributed by atoms with Crippen molar-refractivity contribution in [1.29, 1.82) is 0 Å². The van der Waals surface area contributed by atoms with Crippen LogP contribution in [0.25, 0.3) is 0 Å². The van der Waals surface area contributed by atoms with Crippen LogP contribution in [-0.4, -0.2) is 26.6 Å². The lowest BCUT2D eigenvalue weighted by molar-refractivity contribution is 0.0956. The van der Waals surface area contributed by atoms with E-state index in [1.165, 1.54) is 6.07 Å². The molecule has 0 aliphatic rings. The zero-order valence-corrected chi connectivity index (χ0v) is 19.4. The molecule has 0 heterocycles. The van der Waals surface area contributed by atoms with Gasteiger partial charge in [-0.05, 0) is 73.9 Å². The lowest BCUT2D eigenvalue weighted by atomic mass is 10.1. The molecule has 0 saturated heterocycles. The first-order valence-corrected chi connectivity index (χ1v) is 12.4.